The van der Waals surface area contributed by atoms with Gasteiger partial charge in [0.05, 0.1) is 33.5 Å². The fraction of sp³-hybridized carbons (Fsp3) is 0. The Hall–Kier alpha value is -11.5. The third-order valence-electron chi connectivity index (χ3n) is 16.8. The maximum absolute atomic E-state index is 5.36. The van der Waals surface area contributed by atoms with E-state index in [4.69, 9.17) is 24.9 Å². The van der Waals surface area contributed by atoms with Crippen LogP contribution in [-0.4, -0.2) is 34.1 Å². The lowest BCUT2D eigenvalue weighted by Crippen LogP contribution is -2.00. The fourth-order valence-corrected chi connectivity index (χ4v) is 13.8. The van der Waals surface area contributed by atoms with Crippen molar-refractivity contribution in [1.29, 1.82) is 0 Å². The van der Waals surface area contributed by atoms with Crippen molar-refractivity contribution in [3.05, 3.63) is 297 Å². The van der Waals surface area contributed by atoms with E-state index in [1.165, 1.54) is 20.2 Å². The molecule has 0 aliphatic rings. The van der Waals surface area contributed by atoms with Crippen LogP contribution < -0.4 is 0 Å². The van der Waals surface area contributed by atoms with E-state index in [0.29, 0.717) is 23.3 Å². The number of fused-ring (bicyclic) bond motifs is 9. The van der Waals surface area contributed by atoms with E-state index in [1.807, 2.05) is 59.9 Å². The van der Waals surface area contributed by atoms with Gasteiger partial charge in [-0.15, -0.1) is 11.3 Å². The molecule has 5 aromatic heterocycles. The molecule has 0 saturated carbocycles. The second-order valence-electron chi connectivity index (χ2n) is 22.0. The van der Waals surface area contributed by atoms with Gasteiger partial charge in [-0.25, -0.2) is 24.9 Å². The monoisotopic (exact) mass is 1130 g/mol. The first-order chi connectivity index (χ1) is 43.1. The van der Waals surface area contributed by atoms with Gasteiger partial charge in [0, 0.05) is 86.5 Å². The van der Waals surface area contributed by atoms with E-state index in [1.54, 1.807) is 0 Å². The highest BCUT2D eigenvalue weighted by molar-refractivity contribution is 7.25. The summed E-state index contributed by atoms with van der Waals surface area (Å²) in [6.07, 6.45) is 0. The van der Waals surface area contributed by atoms with E-state index >= 15 is 0 Å². The summed E-state index contributed by atoms with van der Waals surface area (Å²) in [5.74, 6) is 2.55. The first-order valence-corrected chi connectivity index (χ1v) is 30.0. The Morgan fingerprint density at radius 1 is 0.230 bits per heavy atom. The summed E-state index contributed by atoms with van der Waals surface area (Å²) in [4.78, 5) is 26.3. The highest BCUT2D eigenvalue weighted by Gasteiger charge is 2.23. The SMILES string of the molecule is c1ccc(-c2cc(-c3ccccc3)nc(-c3cccc4c3c3cc(-c5ccc6sc7ccc(-c8ccc9c(c8)c8c(-c%10nc(-c%11ccccc%11)nc(-c%11ccccc%11)n%10)cccc8n9-c8ccccc8)cc7c6c5)ccc3n4-c3ccccc3)n2)cc1. The molecule has 5 heterocycles. The third kappa shape index (κ3) is 8.69. The Bertz CT molecular complexity index is 5030. The molecule has 0 saturated heterocycles. The Balaban J connectivity index is 0.819. The molecule has 0 radical (unpaired) electrons. The molecule has 17 rings (SSSR count). The zero-order chi connectivity index (χ0) is 57.4. The van der Waals surface area contributed by atoms with Crippen molar-refractivity contribution in [3.8, 4) is 102 Å². The summed E-state index contributed by atoms with van der Waals surface area (Å²) < 4.78 is 7.23. The highest BCUT2D eigenvalue weighted by Crippen LogP contribution is 2.45. The molecule has 0 fully saturated rings. The average Bonchev–Trinajstić information content (AvgIpc) is 2.27. The van der Waals surface area contributed by atoms with Crippen molar-refractivity contribution in [1.82, 2.24) is 34.1 Å². The predicted octanol–water partition coefficient (Wildman–Crippen LogP) is 20.6. The number of rotatable bonds is 10. The van der Waals surface area contributed by atoms with Crippen molar-refractivity contribution >= 4 is 75.1 Å². The lowest BCUT2D eigenvalue weighted by molar-refractivity contribution is 1.08. The summed E-state index contributed by atoms with van der Waals surface area (Å²) in [6, 6.07) is 105. The Kier molecular flexibility index (Phi) is 11.9. The molecule has 87 heavy (non-hydrogen) atoms. The molecule has 0 spiro atoms. The van der Waals surface area contributed by atoms with E-state index in [-0.39, 0.29) is 0 Å². The number of thiophene rings is 1. The number of hydrogen-bond donors (Lipinski definition) is 0. The number of aromatic nitrogens is 7. The van der Waals surface area contributed by atoms with Crippen molar-refractivity contribution in [2.24, 2.45) is 0 Å². The molecule has 406 valence electrons. The Labute approximate surface area is 505 Å². The molecule has 0 aliphatic carbocycles. The van der Waals surface area contributed by atoms with Crippen LogP contribution in [0.3, 0.4) is 0 Å². The van der Waals surface area contributed by atoms with Crippen LogP contribution in [0.1, 0.15) is 0 Å². The van der Waals surface area contributed by atoms with Crippen molar-refractivity contribution < 1.29 is 0 Å². The minimum atomic E-state index is 0.620. The van der Waals surface area contributed by atoms with Crippen LogP contribution in [0.4, 0.5) is 0 Å². The molecule has 0 aliphatic heterocycles. The van der Waals surface area contributed by atoms with Gasteiger partial charge in [-0.3, -0.25) is 0 Å². The fourth-order valence-electron chi connectivity index (χ4n) is 12.7. The zero-order valence-corrected chi connectivity index (χ0v) is 47.6. The summed E-state index contributed by atoms with van der Waals surface area (Å²) in [6.45, 7) is 0. The molecular formula is C79H49N7S. The molecule has 0 amide bonds. The van der Waals surface area contributed by atoms with Gasteiger partial charge in [-0.1, -0.05) is 206 Å². The average molecular weight is 1130 g/mol. The number of nitrogens with zero attached hydrogens (tertiary/aromatic N) is 7. The van der Waals surface area contributed by atoms with E-state index < -0.39 is 0 Å². The van der Waals surface area contributed by atoms with Crippen molar-refractivity contribution in [2.45, 2.75) is 0 Å². The van der Waals surface area contributed by atoms with E-state index in [9.17, 15) is 0 Å². The second kappa shape index (κ2) is 20.7. The van der Waals surface area contributed by atoms with Crippen LogP contribution in [0.2, 0.25) is 0 Å². The minimum absolute atomic E-state index is 0.620. The predicted molar refractivity (Wildman–Crippen MR) is 360 cm³/mol. The normalized spacial score (nSPS) is 11.7. The molecule has 7 nitrogen and oxygen atoms in total. The minimum Gasteiger partial charge on any atom is -0.309 e. The van der Waals surface area contributed by atoms with Crippen LogP contribution in [-0.2, 0) is 0 Å². The summed E-state index contributed by atoms with van der Waals surface area (Å²) >= 11 is 1.84. The summed E-state index contributed by atoms with van der Waals surface area (Å²) in [7, 11) is 0. The standard InChI is InChI=1S/C79H49N7S/c1-7-21-50(22-8-1)66-49-67(51-23-9-2-10-24-51)81-78(80-66)60-33-19-35-70-74(60)64-47-54(37-41-68(64)85(70)58-29-15-5-16-30-58)56-39-43-72-62(45-56)63-46-57(40-44-73(63)87-72)55-38-42-69-65(48-55)75-61(34-20-36-71(75)86(69)59-31-17-6-18-32-59)79-83-76(52-25-11-3-12-26-52)82-77(84-79)53-27-13-4-14-28-53/h1-49H. The second-order valence-corrected chi connectivity index (χ2v) is 23.0. The lowest BCUT2D eigenvalue weighted by atomic mass is 9.97. The van der Waals surface area contributed by atoms with Crippen LogP contribution in [0.25, 0.3) is 165 Å². The first kappa shape index (κ1) is 50.1. The molecule has 0 bridgehead atoms. The zero-order valence-electron chi connectivity index (χ0n) is 46.8. The van der Waals surface area contributed by atoms with Gasteiger partial charge in [0.1, 0.15) is 0 Å². The van der Waals surface area contributed by atoms with Crippen LogP contribution in [0.5, 0.6) is 0 Å². The molecule has 0 unspecified atom stereocenters. The van der Waals surface area contributed by atoms with Crippen LogP contribution >= 0.6 is 11.3 Å². The van der Waals surface area contributed by atoms with Gasteiger partial charge >= 0.3 is 0 Å². The van der Waals surface area contributed by atoms with Crippen molar-refractivity contribution in [2.75, 3.05) is 0 Å². The van der Waals surface area contributed by atoms with Crippen LogP contribution in [0, 0.1) is 0 Å². The lowest BCUT2D eigenvalue weighted by Gasteiger charge is -2.11. The number of para-hydroxylation sites is 2. The molecule has 0 atom stereocenters. The summed E-state index contributed by atoms with van der Waals surface area (Å²) in [5, 5.41) is 6.88. The van der Waals surface area contributed by atoms with Crippen LogP contribution in [0.15, 0.2) is 297 Å². The quantitative estimate of drug-likeness (QED) is 0.136. The highest BCUT2D eigenvalue weighted by atomic mass is 32.1. The van der Waals surface area contributed by atoms with Gasteiger partial charge < -0.3 is 9.13 Å². The molecule has 8 heteroatoms. The Morgan fingerprint density at radius 3 is 0.989 bits per heavy atom. The smallest absolute Gasteiger partial charge is 0.164 e. The summed E-state index contributed by atoms with van der Waals surface area (Å²) in [5.41, 5.74) is 18.7. The Morgan fingerprint density at radius 2 is 0.575 bits per heavy atom. The number of benzene rings is 12. The molecule has 12 aromatic carbocycles. The molecular weight excluding hydrogens is 1080 g/mol. The largest absolute Gasteiger partial charge is 0.309 e. The van der Waals surface area contributed by atoms with Gasteiger partial charge in [0.25, 0.3) is 0 Å². The molecule has 17 aromatic rings. The van der Waals surface area contributed by atoms with Crippen molar-refractivity contribution in [3.63, 3.8) is 0 Å². The maximum atomic E-state index is 5.36. The van der Waals surface area contributed by atoms with E-state index in [0.717, 1.165) is 122 Å². The van der Waals surface area contributed by atoms with Gasteiger partial charge in [0.15, 0.2) is 23.3 Å². The van der Waals surface area contributed by atoms with Gasteiger partial charge in [0.2, 0.25) is 0 Å². The maximum Gasteiger partial charge on any atom is 0.164 e. The topological polar surface area (TPSA) is 74.3 Å². The van der Waals surface area contributed by atoms with Gasteiger partial charge in [-0.05, 0) is 113 Å². The molecule has 0 N–H and O–H groups in total. The third-order valence-corrected chi connectivity index (χ3v) is 17.9. The van der Waals surface area contributed by atoms with E-state index in [2.05, 4.69) is 258 Å². The number of hydrogen-bond acceptors (Lipinski definition) is 6. The van der Waals surface area contributed by atoms with Gasteiger partial charge in [-0.2, -0.15) is 0 Å². The first-order valence-electron chi connectivity index (χ1n) is 29.2.